The van der Waals surface area contributed by atoms with E-state index in [1.165, 1.54) is 6.42 Å². The lowest BCUT2D eigenvalue weighted by Gasteiger charge is -2.41. The third kappa shape index (κ3) is 3.64. The first kappa shape index (κ1) is 15.8. The lowest BCUT2D eigenvalue weighted by molar-refractivity contribution is -0.137. The molecular formula is C14H28N2OS. The van der Waals surface area contributed by atoms with Crippen molar-refractivity contribution in [1.82, 2.24) is 10.2 Å². The molecule has 0 aromatic heterocycles. The normalized spacial score (nSPS) is 24.6. The van der Waals surface area contributed by atoms with Crippen molar-refractivity contribution in [2.45, 2.75) is 52.1 Å². The Morgan fingerprint density at radius 1 is 1.56 bits per heavy atom. The summed E-state index contributed by atoms with van der Waals surface area (Å²) in [6, 6.07) is 0.333. The number of rotatable bonds is 5. The Morgan fingerprint density at radius 2 is 2.22 bits per heavy atom. The molecule has 1 saturated heterocycles. The second-order valence-corrected chi connectivity index (χ2v) is 6.86. The van der Waals surface area contributed by atoms with Gasteiger partial charge in [0.1, 0.15) is 0 Å². The molecule has 1 amide bonds. The average molecular weight is 272 g/mol. The molecule has 0 spiro atoms. The van der Waals surface area contributed by atoms with Crippen molar-refractivity contribution in [3.05, 3.63) is 0 Å². The largest absolute Gasteiger partial charge is 0.341 e. The molecule has 2 atom stereocenters. The smallest absolute Gasteiger partial charge is 0.240 e. The second-order valence-electron chi connectivity index (χ2n) is 5.95. The van der Waals surface area contributed by atoms with Crippen molar-refractivity contribution < 1.29 is 4.79 Å². The van der Waals surface area contributed by atoms with Crippen LogP contribution in [-0.4, -0.2) is 48.5 Å². The molecule has 0 saturated carbocycles. The van der Waals surface area contributed by atoms with Crippen LogP contribution in [0.5, 0.6) is 0 Å². The fraction of sp³-hybridized carbons (Fsp3) is 0.929. The van der Waals surface area contributed by atoms with Gasteiger partial charge in [-0.15, -0.1) is 0 Å². The molecule has 1 rings (SSSR count). The van der Waals surface area contributed by atoms with E-state index in [1.807, 2.05) is 23.7 Å². The highest BCUT2D eigenvalue weighted by atomic mass is 32.2. The van der Waals surface area contributed by atoms with Crippen LogP contribution in [0.2, 0.25) is 0 Å². The van der Waals surface area contributed by atoms with Crippen molar-refractivity contribution >= 4 is 17.7 Å². The molecule has 106 valence electrons. The zero-order chi connectivity index (χ0) is 13.8. The van der Waals surface area contributed by atoms with E-state index in [0.29, 0.717) is 6.04 Å². The minimum atomic E-state index is -0.0212. The Kier molecular flexibility index (Phi) is 5.99. The van der Waals surface area contributed by atoms with Crippen LogP contribution in [0.1, 0.15) is 40.0 Å². The molecule has 0 aromatic carbocycles. The van der Waals surface area contributed by atoms with E-state index < -0.39 is 0 Å². The van der Waals surface area contributed by atoms with Crippen molar-refractivity contribution in [1.29, 1.82) is 0 Å². The van der Waals surface area contributed by atoms with Crippen LogP contribution >= 0.6 is 11.8 Å². The van der Waals surface area contributed by atoms with Gasteiger partial charge in [-0.2, -0.15) is 11.8 Å². The van der Waals surface area contributed by atoms with Gasteiger partial charge < -0.3 is 10.2 Å². The summed E-state index contributed by atoms with van der Waals surface area (Å²) < 4.78 is 0. The maximum Gasteiger partial charge on any atom is 0.240 e. The van der Waals surface area contributed by atoms with Gasteiger partial charge in [-0.1, -0.05) is 20.8 Å². The summed E-state index contributed by atoms with van der Waals surface area (Å²) in [6.07, 6.45) is 5.42. The Balaban J connectivity index is 2.72. The van der Waals surface area contributed by atoms with Crippen LogP contribution in [0.4, 0.5) is 0 Å². The van der Waals surface area contributed by atoms with Gasteiger partial charge >= 0.3 is 0 Å². The molecule has 2 unspecified atom stereocenters. The first-order valence-corrected chi connectivity index (χ1v) is 8.32. The fourth-order valence-corrected chi connectivity index (χ4v) is 3.56. The Hall–Kier alpha value is -0.220. The van der Waals surface area contributed by atoms with Crippen molar-refractivity contribution in [3.8, 4) is 0 Å². The van der Waals surface area contributed by atoms with E-state index in [1.54, 1.807) is 0 Å². The minimum absolute atomic E-state index is 0.0212. The van der Waals surface area contributed by atoms with Gasteiger partial charge in [0.2, 0.25) is 5.91 Å². The molecule has 4 heteroatoms. The molecule has 1 aliphatic rings. The Bertz CT molecular complexity index is 281. The number of likely N-dealkylation sites (N-methyl/N-ethyl adjacent to an activating group) is 1. The number of nitrogens with zero attached hydrogens (tertiary/aromatic N) is 1. The standard InChI is InChI=1S/C14H28N2OS/c1-6-11(10-18-5)16(4)13(17)12-14(2,3)8-7-9-15-12/h11-12,15H,6-10H2,1-5H3. The Morgan fingerprint density at radius 3 is 2.72 bits per heavy atom. The van der Waals surface area contributed by atoms with Crippen molar-refractivity contribution in [3.63, 3.8) is 0 Å². The lowest BCUT2D eigenvalue weighted by Crippen LogP contribution is -2.57. The molecule has 18 heavy (non-hydrogen) atoms. The summed E-state index contributed by atoms with van der Waals surface area (Å²) in [7, 11) is 1.96. The SMILES string of the molecule is CCC(CSC)N(C)C(=O)C1NCCCC1(C)C. The maximum atomic E-state index is 12.6. The highest BCUT2D eigenvalue weighted by molar-refractivity contribution is 7.98. The van der Waals surface area contributed by atoms with E-state index >= 15 is 0 Å². The van der Waals surface area contributed by atoms with Crippen LogP contribution in [0.15, 0.2) is 0 Å². The predicted molar refractivity (Wildman–Crippen MR) is 80.0 cm³/mol. The molecule has 0 aromatic rings. The number of amides is 1. The van der Waals surface area contributed by atoms with E-state index in [2.05, 4.69) is 32.3 Å². The van der Waals surface area contributed by atoms with Crippen molar-refractivity contribution in [2.24, 2.45) is 5.41 Å². The van der Waals surface area contributed by atoms with E-state index in [4.69, 9.17) is 0 Å². The zero-order valence-electron chi connectivity index (χ0n) is 12.5. The highest BCUT2D eigenvalue weighted by Gasteiger charge is 2.39. The summed E-state index contributed by atoms with van der Waals surface area (Å²) in [5, 5.41) is 3.41. The van der Waals surface area contributed by atoms with E-state index in [9.17, 15) is 4.79 Å². The predicted octanol–water partition coefficient (Wildman–Crippen LogP) is 2.36. The van der Waals surface area contributed by atoms with E-state index in [0.717, 1.165) is 25.1 Å². The first-order valence-electron chi connectivity index (χ1n) is 6.93. The third-order valence-corrected chi connectivity index (χ3v) is 4.82. The molecular weight excluding hydrogens is 244 g/mol. The first-order chi connectivity index (χ1) is 8.44. The van der Waals surface area contributed by atoms with Gasteiger partial charge in [0.25, 0.3) is 0 Å². The van der Waals surface area contributed by atoms with Gasteiger partial charge in [-0.3, -0.25) is 4.79 Å². The average Bonchev–Trinajstić information content (AvgIpc) is 2.33. The molecule has 1 aliphatic heterocycles. The van der Waals surface area contributed by atoms with Gasteiger partial charge in [0, 0.05) is 18.8 Å². The van der Waals surface area contributed by atoms with Gasteiger partial charge in [-0.05, 0) is 37.5 Å². The van der Waals surface area contributed by atoms with Gasteiger partial charge in [0.05, 0.1) is 6.04 Å². The third-order valence-electron chi connectivity index (χ3n) is 4.10. The summed E-state index contributed by atoms with van der Waals surface area (Å²) >= 11 is 1.81. The topological polar surface area (TPSA) is 32.3 Å². The lowest BCUT2D eigenvalue weighted by atomic mass is 9.77. The van der Waals surface area contributed by atoms with Gasteiger partial charge in [0.15, 0.2) is 0 Å². The number of carbonyl (C=O) groups is 1. The molecule has 3 nitrogen and oxygen atoms in total. The Labute approximate surface area is 116 Å². The molecule has 1 heterocycles. The van der Waals surface area contributed by atoms with Crippen LogP contribution < -0.4 is 5.32 Å². The number of piperidine rings is 1. The number of carbonyl (C=O) groups excluding carboxylic acids is 1. The summed E-state index contributed by atoms with van der Waals surface area (Å²) in [6.45, 7) is 7.52. The van der Waals surface area contributed by atoms with Crippen LogP contribution in [0.25, 0.3) is 0 Å². The molecule has 1 N–H and O–H groups in total. The number of nitrogens with one attached hydrogen (secondary N) is 1. The molecule has 0 radical (unpaired) electrons. The summed E-state index contributed by atoms with van der Waals surface area (Å²) in [5.41, 5.74) is 0.0707. The fourth-order valence-electron chi connectivity index (χ4n) is 2.71. The second kappa shape index (κ2) is 6.80. The maximum absolute atomic E-state index is 12.6. The van der Waals surface area contributed by atoms with Crippen LogP contribution in [0, 0.1) is 5.41 Å². The number of thioether (sulfide) groups is 1. The molecule has 0 aliphatic carbocycles. The highest BCUT2D eigenvalue weighted by Crippen LogP contribution is 2.31. The molecule has 0 bridgehead atoms. The summed E-state index contributed by atoms with van der Waals surface area (Å²) in [4.78, 5) is 14.6. The van der Waals surface area contributed by atoms with Crippen LogP contribution in [-0.2, 0) is 4.79 Å². The zero-order valence-corrected chi connectivity index (χ0v) is 13.3. The number of hydrogen-bond donors (Lipinski definition) is 1. The van der Waals surface area contributed by atoms with E-state index in [-0.39, 0.29) is 17.4 Å². The summed E-state index contributed by atoms with van der Waals surface area (Å²) in [5.74, 6) is 1.28. The quantitative estimate of drug-likeness (QED) is 0.834. The van der Waals surface area contributed by atoms with Crippen molar-refractivity contribution in [2.75, 3.05) is 25.6 Å². The number of hydrogen-bond acceptors (Lipinski definition) is 3. The minimum Gasteiger partial charge on any atom is -0.341 e. The monoisotopic (exact) mass is 272 g/mol. The van der Waals surface area contributed by atoms with Crippen LogP contribution in [0.3, 0.4) is 0 Å². The van der Waals surface area contributed by atoms with Gasteiger partial charge in [-0.25, -0.2) is 0 Å². The molecule has 1 fully saturated rings.